The molecule has 2 fully saturated rings. The minimum atomic E-state index is -0.627. The normalized spacial score (nSPS) is 23.2. The molecule has 21 heavy (non-hydrogen) atoms. The lowest BCUT2D eigenvalue weighted by Gasteiger charge is -2.36. The largest absolute Gasteiger partial charge is 0.342 e. The van der Waals surface area contributed by atoms with Crippen molar-refractivity contribution in [3.05, 3.63) is 22.4 Å². The molecule has 2 heterocycles. The van der Waals surface area contributed by atoms with E-state index in [0.29, 0.717) is 13.0 Å². The highest BCUT2D eigenvalue weighted by Crippen LogP contribution is 2.37. The van der Waals surface area contributed by atoms with Gasteiger partial charge < -0.3 is 10.2 Å². The van der Waals surface area contributed by atoms with Crippen molar-refractivity contribution in [3.63, 3.8) is 0 Å². The van der Waals surface area contributed by atoms with Gasteiger partial charge in [0.05, 0.1) is 6.04 Å². The topological polar surface area (TPSA) is 49.4 Å². The van der Waals surface area contributed by atoms with E-state index in [2.05, 4.69) is 23.7 Å². The van der Waals surface area contributed by atoms with Crippen LogP contribution in [0.5, 0.6) is 0 Å². The van der Waals surface area contributed by atoms with Crippen LogP contribution in [0.2, 0.25) is 0 Å². The Labute approximate surface area is 129 Å². The third-order valence-corrected chi connectivity index (χ3v) is 5.69. The molecule has 4 nitrogen and oxygen atoms in total. The van der Waals surface area contributed by atoms with Gasteiger partial charge in [-0.05, 0) is 30.7 Å². The molecule has 1 saturated heterocycles. The van der Waals surface area contributed by atoms with Crippen molar-refractivity contribution in [2.45, 2.75) is 57.0 Å². The van der Waals surface area contributed by atoms with Gasteiger partial charge in [-0.3, -0.25) is 9.59 Å². The average molecular weight is 306 g/mol. The Bertz CT molecular complexity index is 520. The first kappa shape index (κ1) is 14.6. The summed E-state index contributed by atoms with van der Waals surface area (Å²) < 4.78 is 0. The second kappa shape index (κ2) is 5.79. The van der Waals surface area contributed by atoms with Crippen LogP contribution in [0.25, 0.3) is 0 Å². The summed E-state index contributed by atoms with van der Waals surface area (Å²) in [7, 11) is 0. The Kier molecular flexibility index (Phi) is 4.02. The Morgan fingerprint density at radius 2 is 2.14 bits per heavy atom. The summed E-state index contributed by atoms with van der Waals surface area (Å²) in [5.74, 6) is 0.153. The lowest BCUT2D eigenvalue weighted by molar-refractivity contribution is -0.140. The minimum Gasteiger partial charge on any atom is -0.342 e. The van der Waals surface area contributed by atoms with Crippen LogP contribution in [-0.2, 0) is 9.59 Å². The highest BCUT2D eigenvalue weighted by atomic mass is 32.1. The first-order valence-corrected chi connectivity index (χ1v) is 8.70. The van der Waals surface area contributed by atoms with E-state index in [1.54, 1.807) is 11.3 Å². The molecule has 1 unspecified atom stereocenters. The summed E-state index contributed by atoms with van der Waals surface area (Å²) >= 11 is 1.69. The molecule has 0 radical (unpaired) electrons. The third-order valence-electron chi connectivity index (χ3n) is 4.72. The number of carbonyl (C=O) groups is 2. The molecular weight excluding hydrogens is 284 g/mol. The van der Waals surface area contributed by atoms with Crippen LogP contribution in [0.15, 0.2) is 17.5 Å². The van der Waals surface area contributed by atoms with Gasteiger partial charge in [0.25, 0.3) is 0 Å². The van der Waals surface area contributed by atoms with Gasteiger partial charge in [0.2, 0.25) is 11.8 Å². The fraction of sp³-hybridized carbons (Fsp3) is 0.625. The van der Waals surface area contributed by atoms with E-state index in [-0.39, 0.29) is 17.9 Å². The van der Waals surface area contributed by atoms with Crippen molar-refractivity contribution in [3.8, 4) is 0 Å². The van der Waals surface area contributed by atoms with Crippen LogP contribution in [0, 0.1) is 0 Å². The van der Waals surface area contributed by atoms with E-state index < -0.39 is 5.54 Å². The molecule has 1 N–H and O–H groups in total. The number of amides is 2. The molecule has 1 aromatic heterocycles. The van der Waals surface area contributed by atoms with Crippen molar-refractivity contribution < 1.29 is 9.59 Å². The lowest BCUT2D eigenvalue weighted by atomic mass is 9.94. The standard InChI is InChI=1S/C16H22N2O2S/c1-2-12(13-6-5-11-21-13)18-10-7-14(19)17-16(15(18)20)8-3-4-9-16/h5-6,11-12H,2-4,7-10H2,1H3,(H,17,19). The smallest absolute Gasteiger partial charge is 0.248 e. The number of hydrogen-bond acceptors (Lipinski definition) is 3. The maximum atomic E-state index is 13.1. The maximum absolute atomic E-state index is 13.1. The van der Waals surface area contributed by atoms with Gasteiger partial charge >= 0.3 is 0 Å². The summed E-state index contributed by atoms with van der Waals surface area (Å²) in [6, 6.07) is 4.22. The number of thiophene rings is 1. The van der Waals surface area contributed by atoms with Gasteiger partial charge in [-0.25, -0.2) is 0 Å². The fourth-order valence-corrected chi connectivity index (χ4v) is 4.57. The van der Waals surface area contributed by atoms with E-state index in [1.807, 2.05) is 11.0 Å². The van der Waals surface area contributed by atoms with Crippen molar-refractivity contribution in [2.24, 2.45) is 0 Å². The summed E-state index contributed by atoms with van der Waals surface area (Å²) in [5, 5.41) is 5.08. The SMILES string of the molecule is CCC(c1cccs1)N1CCC(=O)NC2(CCCC2)C1=O. The van der Waals surface area contributed by atoms with Crippen LogP contribution in [-0.4, -0.2) is 28.8 Å². The molecule has 1 aromatic rings. The zero-order chi connectivity index (χ0) is 14.9. The number of nitrogens with one attached hydrogen (secondary N) is 1. The van der Waals surface area contributed by atoms with E-state index in [0.717, 1.165) is 32.1 Å². The van der Waals surface area contributed by atoms with E-state index in [4.69, 9.17) is 0 Å². The van der Waals surface area contributed by atoms with Gasteiger partial charge in [0.1, 0.15) is 5.54 Å². The second-order valence-electron chi connectivity index (χ2n) is 6.03. The molecule has 3 rings (SSSR count). The molecule has 2 amide bonds. The third kappa shape index (κ3) is 2.59. The molecule has 1 aliphatic heterocycles. The molecule has 1 aliphatic carbocycles. The molecule has 2 aliphatic rings. The predicted molar refractivity (Wildman–Crippen MR) is 83.0 cm³/mol. The van der Waals surface area contributed by atoms with Crippen LogP contribution in [0.3, 0.4) is 0 Å². The molecule has 5 heteroatoms. The quantitative estimate of drug-likeness (QED) is 0.933. The summed E-state index contributed by atoms with van der Waals surface area (Å²) in [6.45, 7) is 2.64. The van der Waals surface area contributed by atoms with Crippen molar-refractivity contribution >= 4 is 23.2 Å². The summed E-state index contributed by atoms with van der Waals surface area (Å²) in [5.41, 5.74) is -0.627. The van der Waals surface area contributed by atoms with Gasteiger partial charge in [0, 0.05) is 17.8 Å². The summed E-state index contributed by atoms with van der Waals surface area (Å²) in [6.07, 6.45) is 4.92. The Balaban J connectivity index is 1.93. The molecule has 114 valence electrons. The second-order valence-corrected chi connectivity index (χ2v) is 7.00. The van der Waals surface area contributed by atoms with Gasteiger partial charge in [-0.15, -0.1) is 11.3 Å². The zero-order valence-electron chi connectivity index (χ0n) is 12.4. The van der Waals surface area contributed by atoms with Crippen LogP contribution in [0.1, 0.15) is 56.4 Å². The number of rotatable bonds is 3. The van der Waals surface area contributed by atoms with Crippen molar-refractivity contribution in [2.75, 3.05) is 6.54 Å². The van der Waals surface area contributed by atoms with Gasteiger partial charge in [-0.1, -0.05) is 25.8 Å². The van der Waals surface area contributed by atoms with Gasteiger partial charge in [0.15, 0.2) is 0 Å². The average Bonchev–Trinajstić information content (AvgIpc) is 3.12. The van der Waals surface area contributed by atoms with Crippen LogP contribution < -0.4 is 5.32 Å². The minimum absolute atomic E-state index is 0.0220. The van der Waals surface area contributed by atoms with Crippen LogP contribution >= 0.6 is 11.3 Å². The molecule has 1 saturated carbocycles. The predicted octanol–water partition coefficient (Wildman–Crippen LogP) is 2.86. The highest BCUT2D eigenvalue weighted by Gasteiger charge is 2.47. The molecular formula is C16H22N2O2S. The fourth-order valence-electron chi connectivity index (χ4n) is 3.65. The zero-order valence-corrected chi connectivity index (χ0v) is 13.2. The first-order valence-electron chi connectivity index (χ1n) is 7.82. The molecule has 1 spiro atoms. The molecule has 0 aromatic carbocycles. The van der Waals surface area contributed by atoms with E-state index >= 15 is 0 Å². The number of carbonyl (C=O) groups excluding carboxylic acids is 2. The maximum Gasteiger partial charge on any atom is 0.248 e. The van der Waals surface area contributed by atoms with E-state index in [1.165, 1.54) is 4.88 Å². The van der Waals surface area contributed by atoms with Crippen molar-refractivity contribution in [1.82, 2.24) is 10.2 Å². The monoisotopic (exact) mass is 306 g/mol. The van der Waals surface area contributed by atoms with Gasteiger partial charge in [-0.2, -0.15) is 0 Å². The first-order chi connectivity index (χ1) is 10.2. The van der Waals surface area contributed by atoms with E-state index in [9.17, 15) is 9.59 Å². The van der Waals surface area contributed by atoms with Crippen LogP contribution in [0.4, 0.5) is 0 Å². The number of hydrogen-bond donors (Lipinski definition) is 1. The summed E-state index contributed by atoms with van der Waals surface area (Å²) in [4.78, 5) is 28.3. The van der Waals surface area contributed by atoms with Crippen molar-refractivity contribution in [1.29, 1.82) is 0 Å². The Morgan fingerprint density at radius 1 is 1.38 bits per heavy atom. The number of nitrogens with zero attached hydrogens (tertiary/aromatic N) is 1. The lowest BCUT2D eigenvalue weighted by Crippen LogP contribution is -2.55. The Morgan fingerprint density at radius 3 is 2.76 bits per heavy atom. The highest BCUT2D eigenvalue weighted by molar-refractivity contribution is 7.10. The molecule has 1 atom stereocenters. The molecule has 0 bridgehead atoms. The Hall–Kier alpha value is -1.36.